The molecule has 1 amide bonds. The number of imidazole rings is 1. The SMILES string of the molecule is COc1ccc(S(C)(=O)=O)cc1NCC#Cc1cc(C(=O)N[C@H]2CCN(CCC(F)F)C[C@@H]2C)c2ncn(CC(F)(F)F)c2c1. The number of hydrogen-bond acceptors (Lipinski definition) is 7. The Morgan fingerprint density at radius 1 is 1.22 bits per heavy atom. The van der Waals surface area contributed by atoms with E-state index < -0.39 is 34.9 Å². The first-order chi connectivity index (χ1) is 21.1. The zero-order chi connectivity index (χ0) is 32.9. The Labute approximate surface area is 258 Å². The molecule has 0 radical (unpaired) electrons. The van der Waals surface area contributed by atoms with Gasteiger partial charge in [-0.3, -0.25) is 4.79 Å². The third-order valence-electron chi connectivity index (χ3n) is 7.49. The molecule has 1 aliphatic heterocycles. The van der Waals surface area contributed by atoms with Crippen molar-refractivity contribution in [3.8, 4) is 17.6 Å². The predicted molar refractivity (Wildman–Crippen MR) is 159 cm³/mol. The molecule has 0 unspecified atom stereocenters. The Bertz CT molecular complexity index is 1700. The first kappa shape index (κ1) is 34.0. The molecule has 2 N–H and O–H groups in total. The van der Waals surface area contributed by atoms with Crippen LogP contribution in [-0.2, 0) is 16.4 Å². The van der Waals surface area contributed by atoms with Crippen LogP contribution in [0.5, 0.6) is 5.75 Å². The third-order valence-corrected chi connectivity index (χ3v) is 8.60. The van der Waals surface area contributed by atoms with Gasteiger partial charge in [-0.1, -0.05) is 18.8 Å². The number of carbonyl (C=O) groups excluding carboxylic acids is 1. The second kappa shape index (κ2) is 14.0. The smallest absolute Gasteiger partial charge is 0.406 e. The molecule has 1 aromatic heterocycles. The molecule has 0 saturated carbocycles. The Morgan fingerprint density at radius 2 is 1.98 bits per heavy atom. The summed E-state index contributed by atoms with van der Waals surface area (Å²) in [6.45, 7) is 1.91. The van der Waals surface area contributed by atoms with Crippen LogP contribution in [0.25, 0.3) is 11.0 Å². The summed E-state index contributed by atoms with van der Waals surface area (Å²) < 4.78 is 95.3. The molecular formula is C30H34F5N5O4S. The summed E-state index contributed by atoms with van der Waals surface area (Å²) in [4.78, 5) is 19.6. The molecule has 1 aliphatic rings. The quantitative estimate of drug-likeness (QED) is 0.244. The number of nitrogens with zero attached hydrogens (tertiary/aromatic N) is 3. The summed E-state index contributed by atoms with van der Waals surface area (Å²) in [7, 11) is -2.05. The lowest BCUT2D eigenvalue weighted by Crippen LogP contribution is -2.50. The van der Waals surface area contributed by atoms with Gasteiger partial charge >= 0.3 is 6.18 Å². The van der Waals surface area contributed by atoms with Gasteiger partial charge < -0.3 is 24.8 Å². The van der Waals surface area contributed by atoms with Gasteiger partial charge in [0.05, 0.1) is 41.6 Å². The number of nitrogens with one attached hydrogen (secondary N) is 2. The first-order valence-electron chi connectivity index (χ1n) is 14.1. The molecule has 244 valence electrons. The van der Waals surface area contributed by atoms with Crippen LogP contribution in [0, 0.1) is 17.8 Å². The van der Waals surface area contributed by atoms with Crippen LogP contribution in [0.2, 0.25) is 0 Å². The molecule has 9 nitrogen and oxygen atoms in total. The van der Waals surface area contributed by atoms with Gasteiger partial charge in [-0.05, 0) is 42.7 Å². The molecule has 2 aromatic carbocycles. The van der Waals surface area contributed by atoms with E-state index in [-0.39, 0.29) is 58.5 Å². The lowest BCUT2D eigenvalue weighted by Gasteiger charge is -2.37. The Hall–Kier alpha value is -3.90. The number of amides is 1. The molecular weight excluding hydrogens is 621 g/mol. The Morgan fingerprint density at radius 3 is 2.62 bits per heavy atom. The maximum absolute atomic E-state index is 13.5. The maximum atomic E-state index is 13.5. The van der Waals surface area contributed by atoms with Crippen molar-refractivity contribution in [3.05, 3.63) is 47.8 Å². The second-order valence-electron chi connectivity index (χ2n) is 11.0. The molecule has 1 fully saturated rings. The van der Waals surface area contributed by atoms with Gasteiger partial charge in [0.15, 0.2) is 9.84 Å². The van der Waals surface area contributed by atoms with Crippen molar-refractivity contribution >= 4 is 32.5 Å². The number of hydrogen-bond donors (Lipinski definition) is 2. The van der Waals surface area contributed by atoms with Crippen LogP contribution in [-0.4, -0.2) is 87.0 Å². The number of methoxy groups -OCH3 is 1. The van der Waals surface area contributed by atoms with Crippen LogP contribution in [0.15, 0.2) is 41.6 Å². The monoisotopic (exact) mass is 655 g/mol. The minimum Gasteiger partial charge on any atom is -0.495 e. The maximum Gasteiger partial charge on any atom is 0.406 e. The third kappa shape index (κ3) is 9.07. The summed E-state index contributed by atoms with van der Waals surface area (Å²) >= 11 is 0. The zero-order valence-electron chi connectivity index (χ0n) is 24.9. The molecule has 1 saturated heterocycles. The number of aromatic nitrogens is 2. The molecule has 2 heterocycles. The average molecular weight is 656 g/mol. The van der Waals surface area contributed by atoms with Crippen molar-refractivity contribution in [1.82, 2.24) is 19.8 Å². The van der Waals surface area contributed by atoms with E-state index in [0.29, 0.717) is 30.9 Å². The first-order valence-corrected chi connectivity index (χ1v) is 16.0. The number of piperidine rings is 1. The van der Waals surface area contributed by atoms with E-state index in [0.717, 1.165) is 17.2 Å². The molecule has 2 atom stereocenters. The summed E-state index contributed by atoms with van der Waals surface area (Å²) in [6.07, 6.45) is -4.53. The molecule has 15 heteroatoms. The summed E-state index contributed by atoms with van der Waals surface area (Å²) in [6, 6.07) is 6.93. The number of benzene rings is 2. The number of fused-ring (bicyclic) bond motifs is 1. The molecule has 3 aromatic rings. The standard InChI is InChI=1S/C30H34F5N5O4S/c1-19-16-39(12-9-27(31)32)11-8-23(19)38-29(41)22-13-20(14-25-28(22)37-18-40(25)17-30(33,34)35)5-4-10-36-24-15-21(45(3,42)43)6-7-26(24)44-2/h6-7,13-15,18-19,23,27,36H,8-12,16-17H2,1-3H3,(H,38,41)/t19-,23-/m0/s1. The highest BCUT2D eigenvalue weighted by Crippen LogP contribution is 2.28. The van der Waals surface area contributed by atoms with E-state index in [9.17, 15) is 35.2 Å². The van der Waals surface area contributed by atoms with Crippen molar-refractivity contribution in [1.29, 1.82) is 0 Å². The number of sulfone groups is 1. The number of ether oxygens (including phenoxy) is 1. The topological polar surface area (TPSA) is 106 Å². The van der Waals surface area contributed by atoms with Gasteiger partial charge in [-0.25, -0.2) is 22.2 Å². The van der Waals surface area contributed by atoms with Crippen LogP contribution in [0.3, 0.4) is 0 Å². The molecule has 0 aliphatic carbocycles. The van der Waals surface area contributed by atoms with E-state index in [1.54, 1.807) is 0 Å². The Balaban J connectivity index is 1.57. The van der Waals surface area contributed by atoms with Gasteiger partial charge in [0.25, 0.3) is 5.91 Å². The average Bonchev–Trinajstić information content (AvgIpc) is 3.35. The Kier molecular flexibility index (Phi) is 10.6. The number of rotatable bonds is 10. The summed E-state index contributed by atoms with van der Waals surface area (Å²) in [5.41, 5.74) is 0.868. The molecule has 45 heavy (non-hydrogen) atoms. The van der Waals surface area contributed by atoms with Crippen LogP contribution >= 0.6 is 0 Å². The number of likely N-dealkylation sites (tertiary alicyclic amines) is 1. The van der Waals surface area contributed by atoms with Gasteiger partial charge in [-0.15, -0.1) is 0 Å². The number of halogens is 5. The van der Waals surface area contributed by atoms with Crippen molar-refractivity contribution in [2.24, 2.45) is 5.92 Å². The van der Waals surface area contributed by atoms with Crippen LogP contribution < -0.4 is 15.4 Å². The van der Waals surface area contributed by atoms with E-state index >= 15 is 0 Å². The zero-order valence-corrected chi connectivity index (χ0v) is 25.7. The fourth-order valence-electron chi connectivity index (χ4n) is 5.25. The minimum absolute atomic E-state index is 0.0204. The fourth-order valence-corrected chi connectivity index (χ4v) is 5.89. The number of carbonyl (C=O) groups is 1. The second-order valence-corrected chi connectivity index (χ2v) is 13.0. The lowest BCUT2D eigenvalue weighted by molar-refractivity contribution is -0.139. The molecule has 0 spiro atoms. The highest BCUT2D eigenvalue weighted by molar-refractivity contribution is 7.90. The fraction of sp³-hybridized carbons (Fsp3) is 0.467. The van der Waals surface area contributed by atoms with Gasteiger partial charge in [-0.2, -0.15) is 13.2 Å². The normalized spacial score (nSPS) is 17.6. The lowest BCUT2D eigenvalue weighted by atomic mass is 9.93. The van der Waals surface area contributed by atoms with E-state index in [1.807, 2.05) is 11.8 Å². The number of alkyl halides is 5. The summed E-state index contributed by atoms with van der Waals surface area (Å²) in [5, 5.41) is 5.94. The number of anilines is 1. The van der Waals surface area contributed by atoms with Gasteiger partial charge in [0, 0.05) is 43.9 Å². The molecule has 4 rings (SSSR count). The highest BCUT2D eigenvalue weighted by Gasteiger charge is 2.31. The van der Waals surface area contributed by atoms with Crippen molar-refractivity contribution in [2.45, 2.75) is 49.8 Å². The van der Waals surface area contributed by atoms with E-state index in [4.69, 9.17) is 4.74 Å². The highest BCUT2D eigenvalue weighted by atomic mass is 32.2. The van der Waals surface area contributed by atoms with Crippen molar-refractivity contribution in [3.63, 3.8) is 0 Å². The van der Waals surface area contributed by atoms with Crippen LogP contribution in [0.1, 0.15) is 35.7 Å². The van der Waals surface area contributed by atoms with E-state index in [2.05, 4.69) is 27.5 Å². The van der Waals surface area contributed by atoms with Crippen LogP contribution in [0.4, 0.5) is 27.6 Å². The van der Waals surface area contributed by atoms with E-state index in [1.165, 1.54) is 37.4 Å². The van der Waals surface area contributed by atoms with Crippen molar-refractivity contribution in [2.75, 3.05) is 44.9 Å². The van der Waals surface area contributed by atoms with Gasteiger partial charge in [0.2, 0.25) is 6.43 Å². The largest absolute Gasteiger partial charge is 0.495 e. The van der Waals surface area contributed by atoms with Crippen molar-refractivity contribution < 1.29 is 39.9 Å². The minimum atomic E-state index is -4.53. The summed E-state index contributed by atoms with van der Waals surface area (Å²) in [5.74, 6) is 5.52. The van der Waals surface area contributed by atoms with Gasteiger partial charge in [0.1, 0.15) is 17.8 Å². The molecule has 0 bridgehead atoms. The predicted octanol–water partition coefficient (Wildman–Crippen LogP) is 4.57.